The van der Waals surface area contributed by atoms with Gasteiger partial charge in [0, 0.05) is 13.7 Å². The summed E-state index contributed by atoms with van der Waals surface area (Å²) in [5.41, 5.74) is 0. The lowest BCUT2D eigenvalue weighted by Gasteiger charge is -2.35. The zero-order chi connectivity index (χ0) is 9.68. The summed E-state index contributed by atoms with van der Waals surface area (Å²) in [6.07, 6.45) is 3.23. The van der Waals surface area contributed by atoms with Crippen LogP contribution in [0.3, 0.4) is 0 Å². The fraction of sp³-hybridized carbons (Fsp3) is 1.00. The van der Waals surface area contributed by atoms with Crippen LogP contribution in [0.4, 0.5) is 0 Å². The molecule has 1 aliphatic carbocycles. The summed E-state index contributed by atoms with van der Waals surface area (Å²) >= 11 is 0. The number of hydrogen-bond donors (Lipinski definition) is 1. The van der Waals surface area contributed by atoms with Crippen LogP contribution in [0.15, 0.2) is 0 Å². The summed E-state index contributed by atoms with van der Waals surface area (Å²) in [5.74, 6) is 0.640. The Balaban J connectivity index is 2.00. The lowest BCUT2D eigenvalue weighted by atomic mass is 9.79. The van der Waals surface area contributed by atoms with Crippen LogP contribution in [0.5, 0.6) is 0 Å². The molecule has 1 unspecified atom stereocenters. The third kappa shape index (κ3) is 3.63. The molecule has 0 radical (unpaired) electrons. The largest absolute Gasteiger partial charge is 0.391 e. The zero-order valence-electron chi connectivity index (χ0n) is 8.53. The Labute approximate surface area is 80.0 Å². The van der Waals surface area contributed by atoms with Gasteiger partial charge in [0.05, 0.1) is 18.8 Å². The van der Waals surface area contributed by atoms with E-state index in [1.54, 1.807) is 7.11 Å². The SMILES string of the molecule is CCOC1CC(CC(O)COC)C1. The van der Waals surface area contributed by atoms with Gasteiger partial charge in [-0.3, -0.25) is 0 Å². The summed E-state index contributed by atoms with van der Waals surface area (Å²) in [6.45, 7) is 3.28. The Morgan fingerprint density at radius 3 is 2.69 bits per heavy atom. The minimum Gasteiger partial charge on any atom is -0.391 e. The van der Waals surface area contributed by atoms with Gasteiger partial charge in [-0.2, -0.15) is 0 Å². The summed E-state index contributed by atoms with van der Waals surface area (Å²) in [4.78, 5) is 0. The van der Waals surface area contributed by atoms with Crippen LogP contribution >= 0.6 is 0 Å². The van der Waals surface area contributed by atoms with Crippen molar-refractivity contribution in [2.45, 2.75) is 38.4 Å². The second-order valence-electron chi connectivity index (χ2n) is 3.76. The Morgan fingerprint density at radius 2 is 2.15 bits per heavy atom. The quantitative estimate of drug-likeness (QED) is 0.680. The lowest BCUT2D eigenvalue weighted by molar-refractivity contribution is -0.0449. The molecule has 1 aliphatic rings. The van der Waals surface area contributed by atoms with Gasteiger partial charge in [-0.1, -0.05) is 0 Å². The fourth-order valence-electron chi connectivity index (χ4n) is 1.88. The van der Waals surface area contributed by atoms with E-state index in [1.807, 2.05) is 6.92 Å². The molecule has 1 rings (SSSR count). The van der Waals surface area contributed by atoms with E-state index >= 15 is 0 Å². The third-order valence-electron chi connectivity index (χ3n) is 2.56. The number of aliphatic hydroxyl groups is 1. The van der Waals surface area contributed by atoms with Gasteiger partial charge in [0.2, 0.25) is 0 Å². The van der Waals surface area contributed by atoms with E-state index in [0.717, 1.165) is 25.9 Å². The number of rotatable bonds is 6. The molecule has 1 saturated carbocycles. The predicted octanol–water partition coefficient (Wildman–Crippen LogP) is 1.20. The Hall–Kier alpha value is -0.120. The van der Waals surface area contributed by atoms with Crippen molar-refractivity contribution in [1.29, 1.82) is 0 Å². The van der Waals surface area contributed by atoms with Gasteiger partial charge in [-0.25, -0.2) is 0 Å². The van der Waals surface area contributed by atoms with Gasteiger partial charge in [0.15, 0.2) is 0 Å². The van der Waals surface area contributed by atoms with Gasteiger partial charge in [0.1, 0.15) is 0 Å². The maximum Gasteiger partial charge on any atom is 0.0776 e. The number of hydrogen-bond acceptors (Lipinski definition) is 3. The van der Waals surface area contributed by atoms with Gasteiger partial charge < -0.3 is 14.6 Å². The maximum atomic E-state index is 9.43. The smallest absolute Gasteiger partial charge is 0.0776 e. The standard InChI is InChI=1S/C10H20O3/c1-3-13-10-5-8(6-10)4-9(11)7-12-2/h8-11H,3-7H2,1-2H3. The van der Waals surface area contributed by atoms with Crippen molar-refractivity contribution in [3.05, 3.63) is 0 Å². The van der Waals surface area contributed by atoms with E-state index in [9.17, 15) is 5.11 Å². The highest BCUT2D eigenvalue weighted by atomic mass is 16.5. The van der Waals surface area contributed by atoms with Crippen LogP contribution in [-0.2, 0) is 9.47 Å². The average Bonchev–Trinajstić information content (AvgIpc) is 2.01. The number of ether oxygens (including phenoxy) is 2. The molecule has 0 heterocycles. The van der Waals surface area contributed by atoms with Crippen LogP contribution < -0.4 is 0 Å². The number of methoxy groups -OCH3 is 1. The number of aliphatic hydroxyl groups excluding tert-OH is 1. The first-order valence-electron chi connectivity index (χ1n) is 5.04. The van der Waals surface area contributed by atoms with E-state index < -0.39 is 0 Å². The van der Waals surface area contributed by atoms with E-state index in [2.05, 4.69) is 0 Å². The molecule has 0 spiro atoms. The Bertz CT molecular complexity index is 132. The molecule has 0 aliphatic heterocycles. The lowest BCUT2D eigenvalue weighted by Crippen LogP contribution is -2.34. The van der Waals surface area contributed by atoms with E-state index in [1.165, 1.54) is 0 Å². The molecule has 1 fully saturated rings. The first-order valence-corrected chi connectivity index (χ1v) is 5.04. The van der Waals surface area contributed by atoms with Gasteiger partial charge in [0.25, 0.3) is 0 Å². The molecule has 0 aromatic carbocycles. The normalized spacial score (nSPS) is 29.8. The van der Waals surface area contributed by atoms with Gasteiger partial charge in [-0.15, -0.1) is 0 Å². The van der Waals surface area contributed by atoms with Crippen LogP contribution in [0.1, 0.15) is 26.2 Å². The maximum absolute atomic E-state index is 9.43. The Kier molecular flexibility index (Phi) is 4.70. The third-order valence-corrected chi connectivity index (χ3v) is 2.56. The monoisotopic (exact) mass is 188 g/mol. The van der Waals surface area contributed by atoms with Crippen LogP contribution in [0.2, 0.25) is 0 Å². The second kappa shape index (κ2) is 5.58. The van der Waals surface area contributed by atoms with Crippen LogP contribution in [0.25, 0.3) is 0 Å². The zero-order valence-corrected chi connectivity index (χ0v) is 8.53. The Morgan fingerprint density at radius 1 is 1.46 bits per heavy atom. The summed E-state index contributed by atoms with van der Waals surface area (Å²) in [7, 11) is 1.62. The average molecular weight is 188 g/mol. The second-order valence-corrected chi connectivity index (χ2v) is 3.76. The topological polar surface area (TPSA) is 38.7 Å². The van der Waals surface area contributed by atoms with Crippen LogP contribution in [0, 0.1) is 5.92 Å². The van der Waals surface area contributed by atoms with Gasteiger partial charge in [-0.05, 0) is 32.1 Å². The predicted molar refractivity (Wildman–Crippen MR) is 50.6 cm³/mol. The molecular weight excluding hydrogens is 168 g/mol. The molecule has 0 saturated heterocycles. The summed E-state index contributed by atoms with van der Waals surface area (Å²) in [5, 5.41) is 9.43. The molecule has 78 valence electrons. The fourth-order valence-corrected chi connectivity index (χ4v) is 1.88. The molecule has 0 aromatic rings. The molecule has 3 nitrogen and oxygen atoms in total. The van der Waals surface area contributed by atoms with Crippen molar-refractivity contribution >= 4 is 0 Å². The summed E-state index contributed by atoms with van der Waals surface area (Å²) in [6, 6.07) is 0. The highest BCUT2D eigenvalue weighted by molar-refractivity contribution is 4.81. The molecule has 0 amide bonds. The van der Waals surface area contributed by atoms with Crippen molar-refractivity contribution in [2.75, 3.05) is 20.3 Å². The van der Waals surface area contributed by atoms with E-state index in [0.29, 0.717) is 18.6 Å². The minimum absolute atomic E-state index is 0.294. The van der Waals surface area contributed by atoms with E-state index in [4.69, 9.17) is 9.47 Å². The van der Waals surface area contributed by atoms with Crippen molar-refractivity contribution < 1.29 is 14.6 Å². The van der Waals surface area contributed by atoms with E-state index in [-0.39, 0.29) is 6.10 Å². The van der Waals surface area contributed by atoms with Crippen molar-refractivity contribution in [2.24, 2.45) is 5.92 Å². The molecule has 0 aromatic heterocycles. The first kappa shape index (κ1) is 11.0. The van der Waals surface area contributed by atoms with Gasteiger partial charge >= 0.3 is 0 Å². The molecule has 0 bridgehead atoms. The van der Waals surface area contributed by atoms with Crippen molar-refractivity contribution in [3.8, 4) is 0 Å². The highest BCUT2D eigenvalue weighted by Crippen LogP contribution is 2.33. The molecule has 1 N–H and O–H groups in total. The molecule has 13 heavy (non-hydrogen) atoms. The highest BCUT2D eigenvalue weighted by Gasteiger charge is 2.30. The molecular formula is C10H20O3. The van der Waals surface area contributed by atoms with Crippen molar-refractivity contribution in [1.82, 2.24) is 0 Å². The molecule has 1 atom stereocenters. The first-order chi connectivity index (χ1) is 6.26. The van der Waals surface area contributed by atoms with Crippen LogP contribution in [-0.4, -0.2) is 37.6 Å². The minimum atomic E-state index is -0.294. The van der Waals surface area contributed by atoms with Crippen molar-refractivity contribution in [3.63, 3.8) is 0 Å². The summed E-state index contributed by atoms with van der Waals surface area (Å²) < 4.78 is 10.3. The molecule has 3 heteroatoms.